The molecule has 0 fully saturated rings. The molecule has 3 nitrogen and oxygen atoms in total. The summed E-state index contributed by atoms with van der Waals surface area (Å²) in [4.78, 5) is 12.6. The monoisotopic (exact) mass is 387 g/mol. The minimum atomic E-state index is -0.211. The van der Waals surface area contributed by atoms with Crippen LogP contribution < -0.4 is 10.1 Å². The van der Waals surface area contributed by atoms with E-state index in [9.17, 15) is 4.79 Å². The summed E-state index contributed by atoms with van der Waals surface area (Å²) in [6, 6.07) is 25.9. The molecule has 1 atom stereocenters. The van der Waals surface area contributed by atoms with Gasteiger partial charge < -0.3 is 10.1 Å². The van der Waals surface area contributed by atoms with Crippen molar-refractivity contribution >= 4 is 11.6 Å². The Hall–Kier alpha value is -3.07. The molecule has 3 rings (SSSR count). The highest BCUT2D eigenvalue weighted by Gasteiger charge is 2.15. The van der Waals surface area contributed by atoms with Crippen molar-refractivity contribution in [2.75, 3.05) is 5.32 Å². The lowest BCUT2D eigenvalue weighted by Gasteiger charge is -2.14. The van der Waals surface area contributed by atoms with Gasteiger partial charge in [-0.15, -0.1) is 0 Å². The Kier molecular flexibility index (Phi) is 7.07. The van der Waals surface area contributed by atoms with Crippen molar-refractivity contribution in [3.8, 4) is 5.75 Å². The van der Waals surface area contributed by atoms with E-state index in [4.69, 9.17) is 4.74 Å². The van der Waals surface area contributed by atoms with Crippen LogP contribution >= 0.6 is 0 Å². The van der Waals surface area contributed by atoms with Crippen molar-refractivity contribution in [1.29, 1.82) is 0 Å². The zero-order chi connectivity index (χ0) is 20.6. The molecule has 0 saturated carbocycles. The first-order valence-electron chi connectivity index (χ1n) is 10.2. The third kappa shape index (κ3) is 6.21. The summed E-state index contributed by atoms with van der Waals surface area (Å²) >= 11 is 0. The summed E-state index contributed by atoms with van der Waals surface area (Å²) in [6.07, 6.45) is 1.06. The maximum atomic E-state index is 12.6. The number of nitrogens with one attached hydrogen (secondary N) is 1. The molecule has 29 heavy (non-hydrogen) atoms. The lowest BCUT2D eigenvalue weighted by molar-refractivity contribution is -0.117. The van der Waals surface area contributed by atoms with E-state index in [1.54, 1.807) is 0 Å². The van der Waals surface area contributed by atoms with E-state index >= 15 is 0 Å². The fourth-order valence-corrected chi connectivity index (χ4v) is 3.19. The van der Waals surface area contributed by atoms with Gasteiger partial charge in [0.1, 0.15) is 12.4 Å². The SMILES string of the molecule is CC(C)Cc1ccc(C(C)C(=O)Nc2ccc(OCc3ccccc3)cc2)cc1. The Labute approximate surface area is 173 Å². The predicted octanol–water partition coefficient (Wildman–Crippen LogP) is 6.21. The molecule has 0 heterocycles. The van der Waals surface area contributed by atoms with E-state index < -0.39 is 0 Å². The van der Waals surface area contributed by atoms with Crippen LogP contribution in [0, 0.1) is 5.92 Å². The van der Waals surface area contributed by atoms with Gasteiger partial charge in [-0.05, 0) is 60.2 Å². The highest BCUT2D eigenvalue weighted by molar-refractivity contribution is 5.95. The highest BCUT2D eigenvalue weighted by atomic mass is 16.5. The molecule has 1 N–H and O–H groups in total. The summed E-state index contributed by atoms with van der Waals surface area (Å²) < 4.78 is 5.79. The third-order valence-corrected chi connectivity index (χ3v) is 4.89. The molecule has 3 heteroatoms. The maximum absolute atomic E-state index is 12.6. The minimum absolute atomic E-state index is 0.0143. The van der Waals surface area contributed by atoms with Crippen LogP contribution in [0.4, 0.5) is 5.69 Å². The third-order valence-electron chi connectivity index (χ3n) is 4.89. The molecule has 0 aliphatic heterocycles. The zero-order valence-corrected chi connectivity index (χ0v) is 17.4. The Balaban J connectivity index is 1.54. The number of ether oxygens (including phenoxy) is 1. The van der Waals surface area contributed by atoms with Gasteiger partial charge in [-0.1, -0.05) is 68.4 Å². The second kappa shape index (κ2) is 9.92. The van der Waals surface area contributed by atoms with E-state index in [1.165, 1.54) is 5.56 Å². The summed E-state index contributed by atoms with van der Waals surface area (Å²) in [5, 5.41) is 2.99. The normalized spacial score (nSPS) is 11.9. The van der Waals surface area contributed by atoms with Gasteiger partial charge in [-0.2, -0.15) is 0 Å². The van der Waals surface area contributed by atoms with Crippen LogP contribution in [0.5, 0.6) is 5.75 Å². The number of carbonyl (C=O) groups is 1. The minimum Gasteiger partial charge on any atom is -0.489 e. The number of benzene rings is 3. The van der Waals surface area contributed by atoms with Gasteiger partial charge in [-0.3, -0.25) is 4.79 Å². The standard InChI is InChI=1S/C26H29NO2/c1-19(2)17-21-9-11-23(12-10-21)20(3)26(28)27-24-13-15-25(16-14-24)29-18-22-7-5-4-6-8-22/h4-16,19-20H,17-18H2,1-3H3,(H,27,28). The molecule has 3 aromatic carbocycles. The number of carbonyl (C=O) groups excluding carboxylic acids is 1. The summed E-state index contributed by atoms with van der Waals surface area (Å²) in [5.41, 5.74) is 4.23. The van der Waals surface area contributed by atoms with Crippen LogP contribution in [0.2, 0.25) is 0 Å². The Bertz CT molecular complexity index is 900. The average Bonchev–Trinajstić information content (AvgIpc) is 2.73. The fraction of sp³-hybridized carbons (Fsp3) is 0.269. The summed E-state index contributed by atoms with van der Waals surface area (Å²) in [5.74, 6) is 1.18. The molecule has 0 radical (unpaired) electrons. The molecule has 150 valence electrons. The van der Waals surface area contributed by atoms with Crippen LogP contribution in [-0.2, 0) is 17.8 Å². The van der Waals surface area contributed by atoms with E-state index in [0.29, 0.717) is 12.5 Å². The van der Waals surface area contributed by atoms with E-state index in [0.717, 1.165) is 29.0 Å². The van der Waals surface area contributed by atoms with Crippen molar-refractivity contribution in [3.63, 3.8) is 0 Å². The molecule has 0 bridgehead atoms. The van der Waals surface area contributed by atoms with Crippen LogP contribution in [0.3, 0.4) is 0 Å². The summed E-state index contributed by atoms with van der Waals surface area (Å²) in [7, 11) is 0. The number of amides is 1. The molecule has 3 aromatic rings. The smallest absolute Gasteiger partial charge is 0.231 e. The Morgan fingerprint density at radius 3 is 2.10 bits per heavy atom. The molecule has 1 amide bonds. The Morgan fingerprint density at radius 1 is 0.828 bits per heavy atom. The van der Waals surface area contributed by atoms with Crippen molar-refractivity contribution in [2.24, 2.45) is 5.92 Å². The van der Waals surface area contributed by atoms with Gasteiger partial charge in [0.25, 0.3) is 0 Å². The molecule has 0 saturated heterocycles. The molecular weight excluding hydrogens is 358 g/mol. The zero-order valence-electron chi connectivity index (χ0n) is 17.4. The van der Waals surface area contributed by atoms with Crippen molar-refractivity contribution in [2.45, 2.75) is 39.7 Å². The van der Waals surface area contributed by atoms with Gasteiger partial charge in [0, 0.05) is 5.69 Å². The van der Waals surface area contributed by atoms with Gasteiger partial charge in [-0.25, -0.2) is 0 Å². The predicted molar refractivity (Wildman–Crippen MR) is 119 cm³/mol. The molecule has 1 unspecified atom stereocenters. The fourth-order valence-electron chi connectivity index (χ4n) is 3.19. The van der Waals surface area contributed by atoms with Crippen LogP contribution in [-0.4, -0.2) is 5.91 Å². The number of hydrogen-bond donors (Lipinski definition) is 1. The van der Waals surface area contributed by atoms with Crippen LogP contribution in [0.25, 0.3) is 0 Å². The van der Waals surface area contributed by atoms with Crippen molar-refractivity contribution in [1.82, 2.24) is 0 Å². The van der Waals surface area contributed by atoms with Crippen LogP contribution in [0.15, 0.2) is 78.9 Å². The molecule has 0 aromatic heterocycles. The van der Waals surface area contributed by atoms with E-state index in [1.807, 2.05) is 61.5 Å². The van der Waals surface area contributed by atoms with E-state index in [-0.39, 0.29) is 11.8 Å². The number of anilines is 1. The van der Waals surface area contributed by atoms with Gasteiger partial charge in [0.05, 0.1) is 5.92 Å². The molecule has 0 spiro atoms. The first-order valence-corrected chi connectivity index (χ1v) is 10.2. The first-order chi connectivity index (χ1) is 14.0. The molecular formula is C26H29NO2. The lowest BCUT2D eigenvalue weighted by atomic mass is 9.96. The lowest BCUT2D eigenvalue weighted by Crippen LogP contribution is -2.18. The van der Waals surface area contributed by atoms with Gasteiger partial charge in [0.15, 0.2) is 0 Å². The first kappa shape index (κ1) is 20.7. The van der Waals surface area contributed by atoms with E-state index in [2.05, 4.69) is 43.4 Å². The summed E-state index contributed by atoms with van der Waals surface area (Å²) in [6.45, 7) is 6.88. The van der Waals surface area contributed by atoms with Crippen molar-refractivity contribution in [3.05, 3.63) is 95.6 Å². The molecule has 0 aliphatic rings. The second-order valence-electron chi connectivity index (χ2n) is 7.85. The highest BCUT2D eigenvalue weighted by Crippen LogP contribution is 2.21. The second-order valence-corrected chi connectivity index (χ2v) is 7.85. The van der Waals surface area contributed by atoms with Gasteiger partial charge in [0.2, 0.25) is 5.91 Å². The Morgan fingerprint density at radius 2 is 1.48 bits per heavy atom. The van der Waals surface area contributed by atoms with Crippen LogP contribution in [0.1, 0.15) is 43.4 Å². The van der Waals surface area contributed by atoms with Gasteiger partial charge >= 0.3 is 0 Å². The van der Waals surface area contributed by atoms with Crippen molar-refractivity contribution < 1.29 is 9.53 Å². The maximum Gasteiger partial charge on any atom is 0.231 e. The number of hydrogen-bond acceptors (Lipinski definition) is 2. The number of rotatable bonds is 8. The largest absolute Gasteiger partial charge is 0.489 e. The quantitative estimate of drug-likeness (QED) is 0.499. The molecule has 0 aliphatic carbocycles. The average molecular weight is 388 g/mol. The topological polar surface area (TPSA) is 38.3 Å².